The molecule has 0 bridgehead atoms. The highest BCUT2D eigenvalue weighted by Gasteiger charge is 2.28. The molecule has 0 radical (unpaired) electrons. The number of rotatable bonds is 6. The van der Waals surface area contributed by atoms with Gasteiger partial charge in [-0.15, -0.1) is 0 Å². The Kier molecular flexibility index (Phi) is 4.76. The fourth-order valence-electron chi connectivity index (χ4n) is 2.62. The summed E-state index contributed by atoms with van der Waals surface area (Å²) in [5.41, 5.74) is 1.39. The van der Waals surface area contributed by atoms with Crippen LogP contribution in [0, 0.1) is 5.92 Å². The van der Waals surface area contributed by atoms with Gasteiger partial charge in [0.2, 0.25) is 0 Å². The Morgan fingerprint density at radius 3 is 2.72 bits per heavy atom. The predicted molar refractivity (Wildman–Crippen MR) is 71.5 cm³/mol. The van der Waals surface area contributed by atoms with Crippen LogP contribution in [0.25, 0.3) is 0 Å². The fraction of sp³-hybridized carbons (Fsp3) is 0.533. The summed E-state index contributed by atoms with van der Waals surface area (Å²) in [5.74, 6) is -0.163. The summed E-state index contributed by atoms with van der Waals surface area (Å²) in [7, 11) is 0. The van der Waals surface area contributed by atoms with Gasteiger partial charge in [-0.2, -0.15) is 0 Å². The number of hydrogen-bond donors (Lipinski definition) is 2. The molecule has 1 aromatic rings. The molecule has 3 nitrogen and oxygen atoms in total. The van der Waals surface area contributed by atoms with Crippen molar-refractivity contribution in [3.8, 4) is 0 Å². The average Bonchev–Trinajstić information content (AvgIpc) is 2.85. The molecule has 3 heteroatoms. The second-order valence-corrected chi connectivity index (χ2v) is 5.13. The molecule has 0 amide bonds. The molecular weight excluding hydrogens is 226 g/mol. The lowest BCUT2D eigenvalue weighted by molar-refractivity contribution is -0.139. The van der Waals surface area contributed by atoms with Gasteiger partial charge in [-0.3, -0.25) is 4.79 Å². The van der Waals surface area contributed by atoms with Crippen LogP contribution < -0.4 is 5.32 Å². The largest absolute Gasteiger partial charge is 0.480 e. The minimum atomic E-state index is -0.707. The third-order valence-corrected chi connectivity index (χ3v) is 3.69. The first-order valence-electron chi connectivity index (χ1n) is 6.76. The smallest absolute Gasteiger partial charge is 0.320 e. The molecule has 0 unspecified atom stereocenters. The van der Waals surface area contributed by atoms with Gasteiger partial charge in [-0.05, 0) is 43.7 Å². The van der Waals surface area contributed by atoms with E-state index in [-0.39, 0.29) is 6.04 Å². The molecule has 0 aromatic heterocycles. The number of carboxylic acids is 1. The van der Waals surface area contributed by atoms with Crippen molar-refractivity contribution in [2.45, 2.75) is 38.1 Å². The van der Waals surface area contributed by atoms with Crippen LogP contribution in [0.15, 0.2) is 30.3 Å². The third-order valence-electron chi connectivity index (χ3n) is 3.69. The average molecular weight is 247 g/mol. The predicted octanol–water partition coefficient (Wildman–Crippen LogP) is 2.46. The minimum Gasteiger partial charge on any atom is -0.480 e. The Bertz CT molecular complexity index is 377. The van der Waals surface area contributed by atoms with Crippen molar-refractivity contribution < 1.29 is 9.90 Å². The molecule has 1 fully saturated rings. The highest BCUT2D eigenvalue weighted by Crippen LogP contribution is 2.20. The van der Waals surface area contributed by atoms with Gasteiger partial charge in [-0.25, -0.2) is 0 Å². The van der Waals surface area contributed by atoms with Crippen molar-refractivity contribution in [1.29, 1.82) is 0 Å². The number of carbonyl (C=O) groups is 1. The van der Waals surface area contributed by atoms with Gasteiger partial charge in [0.15, 0.2) is 0 Å². The number of hydrogen-bond acceptors (Lipinski definition) is 2. The molecular formula is C15H21NO2. The topological polar surface area (TPSA) is 49.3 Å². The molecule has 1 aliphatic rings. The summed E-state index contributed by atoms with van der Waals surface area (Å²) >= 11 is 0. The standard InChI is InChI=1S/C15H21NO2/c17-15(18)14-10-13(11-16-14)9-5-4-8-12-6-2-1-3-7-12/h1-3,6-7,13-14,16H,4-5,8-11H2,(H,17,18)/t13-,14-/m0/s1. The molecule has 98 valence electrons. The SMILES string of the molecule is O=C(O)[C@@H]1C[C@H](CCCCc2ccccc2)CN1. The summed E-state index contributed by atoms with van der Waals surface area (Å²) in [5, 5.41) is 12.0. The Balaban J connectivity index is 1.61. The Hall–Kier alpha value is -1.35. The van der Waals surface area contributed by atoms with E-state index in [9.17, 15) is 4.79 Å². The summed E-state index contributed by atoms with van der Waals surface area (Å²) in [6.07, 6.45) is 5.44. The fourth-order valence-corrected chi connectivity index (χ4v) is 2.62. The lowest BCUT2D eigenvalue weighted by atomic mass is 9.97. The zero-order valence-electron chi connectivity index (χ0n) is 10.6. The van der Waals surface area contributed by atoms with Gasteiger partial charge in [0.05, 0.1) is 0 Å². The molecule has 2 atom stereocenters. The number of benzene rings is 1. The van der Waals surface area contributed by atoms with Crippen molar-refractivity contribution in [3.05, 3.63) is 35.9 Å². The van der Waals surface area contributed by atoms with Gasteiger partial charge < -0.3 is 10.4 Å². The number of carboxylic acid groups (broad SMARTS) is 1. The van der Waals surface area contributed by atoms with E-state index in [4.69, 9.17) is 5.11 Å². The van der Waals surface area contributed by atoms with Gasteiger partial charge in [-0.1, -0.05) is 36.8 Å². The number of aryl methyl sites for hydroxylation is 1. The van der Waals surface area contributed by atoms with Crippen molar-refractivity contribution in [1.82, 2.24) is 5.32 Å². The minimum absolute atomic E-state index is 0.316. The molecule has 0 spiro atoms. The molecule has 1 aliphatic heterocycles. The first kappa shape index (κ1) is 13.1. The molecule has 0 saturated carbocycles. The maximum Gasteiger partial charge on any atom is 0.320 e. The summed E-state index contributed by atoms with van der Waals surface area (Å²) in [6, 6.07) is 10.2. The molecule has 1 saturated heterocycles. The zero-order valence-corrected chi connectivity index (χ0v) is 10.6. The summed E-state index contributed by atoms with van der Waals surface area (Å²) < 4.78 is 0. The molecule has 0 aliphatic carbocycles. The lowest BCUT2D eigenvalue weighted by Crippen LogP contribution is -2.29. The molecule has 1 heterocycles. The lowest BCUT2D eigenvalue weighted by Gasteiger charge is -2.08. The normalized spacial score (nSPS) is 23.1. The Morgan fingerprint density at radius 1 is 1.28 bits per heavy atom. The Labute approximate surface area is 108 Å². The van der Waals surface area contributed by atoms with Crippen LogP contribution in [0.1, 0.15) is 31.2 Å². The second kappa shape index (κ2) is 6.55. The van der Waals surface area contributed by atoms with E-state index in [0.29, 0.717) is 5.92 Å². The van der Waals surface area contributed by atoms with E-state index in [1.807, 2.05) is 6.07 Å². The maximum atomic E-state index is 10.8. The van der Waals surface area contributed by atoms with E-state index >= 15 is 0 Å². The van der Waals surface area contributed by atoms with E-state index in [2.05, 4.69) is 29.6 Å². The molecule has 2 rings (SSSR count). The van der Waals surface area contributed by atoms with Crippen molar-refractivity contribution in [3.63, 3.8) is 0 Å². The van der Waals surface area contributed by atoms with Crippen LogP contribution in [0.3, 0.4) is 0 Å². The molecule has 18 heavy (non-hydrogen) atoms. The van der Waals surface area contributed by atoms with E-state index in [1.165, 1.54) is 18.4 Å². The first-order chi connectivity index (χ1) is 8.75. The van der Waals surface area contributed by atoms with Crippen LogP contribution in [0.2, 0.25) is 0 Å². The Morgan fingerprint density at radius 2 is 2.06 bits per heavy atom. The van der Waals surface area contributed by atoms with Gasteiger partial charge >= 0.3 is 5.97 Å². The van der Waals surface area contributed by atoms with Gasteiger partial charge in [0, 0.05) is 0 Å². The van der Waals surface area contributed by atoms with Crippen LogP contribution in [0.4, 0.5) is 0 Å². The van der Waals surface area contributed by atoms with E-state index in [1.54, 1.807) is 0 Å². The number of aliphatic carboxylic acids is 1. The van der Waals surface area contributed by atoms with Crippen LogP contribution >= 0.6 is 0 Å². The van der Waals surface area contributed by atoms with E-state index in [0.717, 1.165) is 25.8 Å². The molecule has 1 aromatic carbocycles. The van der Waals surface area contributed by atoms with Gasteiger partial charge in [0.25, 0.3) is 0 Å². The van der Waals surface area contributed by atoms with Crippen LogP contribution in [0.5, 0.6) is 0 Å². The maximum absolute atomic E-state index is 10.8. The highest BCUT2D eigenvalue weighted by atomic mass is 16.4. The zero-order chi connectivity index (χ0) is 12.8. The monoisotopic (exact) mass is 247 g/mol. The highest BCUT2D eigenvalue weighted by molar-refractivity contribution is 5.73. The number of unbranched alkanes of at least 4 members (excludes halogenated alkanes) is 1. The van der Waals surface area contributed by atoms with E-state index < -0.39 is 5.97 Å². The first-order valence-corrected chi connectivity index (χ1v) is 6.76. The number of nitrogens with one attached hydrogen (secondary N) is 1. The van der Waals surface area contributed by atoms with Crippen molar-refractivity contribution in [2.24, 2.45) is 5.92 Å². The third kappa shape index (κ3) is 3.84. The second-order valence-electron chi connectivity index (χ2n) is 5.13. The summed E-state index contributed by atoms with van der Waals surface area (Å²) in [6.45, 7) is 0.863. The summed E-state index contributed by atoms with van der Waals surface area (Å²) in [4.78, 5) is 10.8. The van der Waals surface area contributed by atoms with Crippen molar-refractivity contribution in [2.75, 3.05) is 6.54 Å². The quantitative estimate of drug-likeness (QED) is 0.759. The van der Waals surface area contributed by atoms with Crippen LogP contribution in [-0.2, 0) is 11.2 Å². The van der Waals surface area contributed by atoms with Crippen LogP contribution in [-0.4, -0.2) is 23.7 Å². The van der Waals surface area contributed by atoms with Gasteiger partial charge in [0.1, 0.15) is 6.04 Å². The molecule has 2 N–H and O–H groups in total. The van der Waals surface area contributed by atoms with Crippen molar-refractivity contribution >= 4 is 5.97 Å².